The Hall–Kier alpha value is -1.14. The van der Waals surface area contributed by atoms with Crippen LogP contribution in [0.2, 0.25) is 0 Å². The van der Waals surface area contributed by atoms with Crippen LogP contribution in [0.1, 0.15) is 0 Å². The molecule has 2 nitrogen and oxygen atoms in total. The largest absolute Gasteiger partial charge is 0.110 e. The molecule has 2 atom stereocenters. The Kier molecular flexibility index (Phi) is 3.84. The summed E-state index contributed by atoms with van der Waals surface area (Å²) in [5, 5.41) is -2.10. The number of nitrogens with zero attached hydrogens (tertiary/aromatic N) is 2. The molecule has 0 aromatic heterocycles. The van der Waals surface area contributed by atoms with Gasteiger partial charge >= 0.3 is 0 Å². The van der Waals surface area contributed by atoms with Gasteiger partial charge in [0.15, 0.2) is 0 Å². The highest BCUT2D eigenvalue weighted by Gasteiger charge is 2.16. The summed E-state index contributed by atoms with van der Waals surface area (Å²) >= 11 is 0. The van der Waals surface area contributed by atoms with E-state index in [1.807, 2.05) is 0 Å². The van der Waals surface area contributed by atoms with Gasteiger partial charge in [-0.3, -0.25) is 0 Å². The molecule has 0 aromatic carbocycles. The molecule has 14 heavy (non-hydrogen) atoms. The second-order valence-electron chi connectivity index (χ2n) is 2.65. The van der Waals surface area contributed by atoms with Crippen molar-refractivity contribution in [1.29, 1.82) is 0 Å². The zero-order chi connectivity index (χ0) is 10.6. The Morgan fingerprint density at radius 1 is 0.643 bits per heavy atom. The minimum atomic E-state index is -1.26. The van der Waals surface area contributed by atoms with Crippen LogP contribution in [0.3, 0.4) is 0 Å². The molecule has 0 N–H and O–H groups in total. The van der Waals surface area contributed by atoms with E-state index in [4.69, 9.17) is 0 Å². The van der Waals surface area contributed by atoms with Gasteiger partial charge in [-0.25, -0.2) is 0 Å². The molecule has 0 saturated heterocycles. The van der Waals surface area contributed by atoms with Crippen LogP contribution in [0.25, 0.3) is 0 Å². The van der Waals surface area contributed by atoms with Crippen LogP contribution in [0.5, 0.6) is 0 Å². The molecule has 0 saturated carbocycles. The molecule has 1 aliphatic rings. The summed E-state index contributed by atoms with van der Waals surface area (Å²) in [5.41, 5.74) is 0. The normalized spacial score (nSPS) is 33.9. The smallest absolute Gasteiger partial charge is 0.101 e. The van der Waals surface area contributed by atoms with Gasteiger partial charge in [-0.2, -0.15) is 0 Å². The van der Waals surface area contributed by atoms with Crippen molar-refractivity contribution < 1.29 is 17.9 Å². The van der Waals surface area contributed by atoms with Crippen molar-refractivity contribution in [3.63, 3.8) is 0 Å². The average molecular weight is 208 g/mol. The van der Waals surface area contributed by atoms with E-state index >= 15 is 0 Å². The van der Waals surface area contributed by atoms with E-state index in [2.05, 4.69) is 0 Å². The lowest BCUT2D eigenvalue weighted by Gasteiger charge is -2.12. The third-order valence-electron chi connectivity index (χ3n) is 1.68. The third kappa shape index (κ3) is 2.97. The topological polar surface area (TPSA) is 6.48 Å². The SMILES string of the molecule is FN(F)C1/C=C\C=C/C(N(F)F)/C=C\1. The lowest BCUT2D eigenvalue weighted by molar-refractivity contribution is -0.167. The van der Waals surface area contributed by atoms with Gasteiger partial charge in [0.2, 0.25) is 0 Å². The second-order valence-corrected chi connectivity index (χ2v) is 2.65. The van der Waals surface area contributed by atoms with Crippen molar-refractivity contribution in [2.75, 3.05) is 0 Å². The molecule has 0 bridgehead atoms. The molecule has 1 rings (SSSR count). The Morgan fingerprint density at radius 3 is 1.29 bits per heavy atom. The summed E-state index contributed by atoms with van der Waals surface area (Å²) in [5.74, 6) is 0. The van der Waals surface area contributed by atoms with Gasteiger partial charge in [0, 0.05) is 10.7 Å². The second kappa shape index (κ2) is 4.92. The standard InChI is InChI=1S/C8H8F4N2/c9-13(10)7-3-1-2-4-8(6-5-7)14(11)12/h1-8H/b3-1-,4-2-,6-5-. The summed E-state index contributed by atoms with van der Waals surface area (Å²) in [6.45, 7) is 0. The van der Waals surface area contributed by atoms with Crippen molar-refractivity contribution in [3.8, 4) is 0 Å². The molecule has 1 aliphatic carbocycles. The van der Waals surface area contributed by atoms with Gasteiger partial charge in [-0.05, 0) is 0 Å². The predicted molar refractivity (Wildman–Crippen MR) is 43.1 cm³/mol. The minimum Gasteiger partial charge on any atom is -0.101 e. The number of rotatable bonds is 2. The first-order chi connectivity index (χ1) is 6.61. The fourth-order valence-electron chi connectivity index (χ4n) is 0.972. The fraction of sp³-hybridized carbons (Fsp3) is 0.250. The molecule has 2 unspecified atom stereocenters. The molecular weight excluding hydrogens is 200 g/mol. The van der Waals surface area contributed by atoms with Crippen LogP contribution >= 0.6 is 0 Å². The molecule has 0 fully saturated rings. The number of allylic oxidation sites excluding steroid dienone is 2. The maximum Gasteiger partial charge on any atom is 0.110 e. The van der Waals surface area contributed by atoms with Gasteiger partial charge in [-0.15, -0.1) is 17.9 Å². The van der Waals surface area contributed by atoms with Crippen molar-refractivity contribution in [2.45, 2.75) is 12.1 Å². The third-order valence-corrected chi connectivity index (χ3v) is 1.68. The Morgan fingerprint density at radius 2 is 1.00 bits per heavy atom. The number of hydrogen-bond acceptors (Lipinski definition) is 2. The van der Waals surface area contributed by atoms with Gasteiger partial charge in [0.25, 0.3) is 0 Å². The molecule has 0 aromatic rings. The van der Waals surface area contributed by atoms with Crippen LogP contribution in [-0.4, -0.2) is 22.8 Å². The number of hydrogen-bond donors (Lipinski definition) is 0. The van der Waals surface area contributed by atoms with E-state index in [0.29, 0.717) is 0 Å². The first-order valence-corrected chi connectivity index (χ1v) is 3.86. The van der Waals surface area contributed by atoms with Crippen LogP contribution in [0.15, 0.2) is 36.5 Å². The van der Waals surface area contributed by atoms with Gasteiger partial charge < -0.3 is 0 Å². The molecular formula is C8H8F4N2. The summed E-state index contributed by atoms with van der Waals surface area (Å²) in [6.07, 6.45) is 7.02. The maximum atomic E-state index is 12.1. The van der Waals surface area contributed by atoms with E-state index in [1.54, 1.807) is 0 Å². The zero-order valence-electron chi connectivity index (χ0n) is 7.03. The molecule has 0 heterocycles. The van der Waals surface area contributed by atoms with Crippen LogP contribution < -0.4 is 0 Å². The van der Waals surface area contributed by atoms with E-state index in [-0.39, 0.29) is 0 Å². The Balaban J connectivity index is 2.77. The summed E-state index contributed by atoms with van der Waals surface area (Å²) in [7, 11) is 0. The summed E-state index contributed by atoms with van der Waals surface area (Å²) in [4.78, 5) is 0. The van der Waals surface area contributed by atoms with Crippen LogP contribution in [-0.2, 0) is 0 Å². The van der Waals surface area contributed by atoms with Gasteiger partial charge in [-0.1, -0.05) is 36.5 Å². The highest BCUT2D eigenvalue weighted by molar-refractivity contribution is 5.19. The molecule has 0 amide bonds. The van der Waals surface area contributed by atoms with Crippen LogP contribution in [0, 0.1) is 0 Å². The molecule has 6 heteroatoms. The van der Waals surface area contributed by atoms with Gasteiger partial charge in [0.05, 0.1) is 0 Å². The first kappa shape index (κ1) is 10.9. The highest BCUT2D eigenvalue weighted by Crippen LogP contribution is 2.12. The monoisotopic (exact) mass is 208 g/mol. The highest BCUT2D eigenvalue weighted by atomic mass is 19.4. The van der Waals surface area contributed by atoms with Crippen molar-refractivity contribution >= 4 is 0 Å². The minimum absolute atomic E-state index is 1.01. The van der Waals surface area contributed by atoms with E-state index in [0.717, 1.165) is 12.2 Å². The molecule has 78 valence electrons. The molecule has 0 spiro atoms. The Bertz CT molecular complexity index is 234. The van der Waals surface area contributed by atoms with E-state index < -0.39 is 22.8 Å². The lowest BCUT2D eigenvalue weighted by atomic mass is 10.1. The summed E-state index contributed by atoms with van der Waals surface area (Å²) in [6, 6.07) is -2.52. The molecule has 0 radical (unpaired) electrons. The zero-order valence-corrected chi connectivity index (χ0v) is 7.03. The Labute approximate surface area is 78.1 Å². The van der Waals surface area contributed by atoms with Crippen molar-refractivity contribution in [2.24, 2.45) is 0 Å². The van der Waals surface area contributed by atoms with E-state index in [9.17, 15) is 17.9 Å². The van der Waals surface area contributed by atoms with Gasteiger partial charge in [0.1, 0.15) is 12.1 Å². The maximum absolute atomic E-state index is 12.1. The quantitative estimate of drug-likeness (QED) is 0.391. The lowest BCUT2D eigenvalue weighted by Crippen LogP contribution is -2.20. The van der Waals surface area contributed by atoms with E-state index in [1.165, 1.54) is 24.3 Å². The first-order valence-electron chi connectivity index (χ1n) is 3.86. The van der Waals surface area contributed by atoms with Crippen molar-refractivity contribution in [1.82, 2.24) is 10.7 Å². The average Bonchev–Trinajstić information content (AvgIpc) is 2.01. The van der Waals surface area contributed by atoms with Crippen molar-refractivity contribution in [3.05, 3.63) is 36.5 Å². The predicted octanol–water partition coefficient (Wildman–Crippen LogP) is 2.55. The molecule has 0 aliphatic heterocycles. The van der Waals surface area contributed by atoms with Crippen LogP contribution in [0.4, 0.5) is 17.9 Å². The fourth-order valence-corrected chi connectivity index (χ4v) is 0.972. The summed E-state index contributed by atoms with van der Waals surface area (Å²) < 4.78 is 48.3. The number of halogens is 4.